The van der Waals surface area contributed by atoms with Gasteiger partial charge in [0.1, 0.15) is 11.2 Å². The highest BCUT2D eigenvalue weighted by molar-refractivity contribution is 7.25. The molecule has 0 atom stereocenters. The van der Waals surface area contributed by atoms with Crippen molar-refractivity contribution in [2.24, 2.45) is 0 Å². The van der Waals surface area contributed by atoms with Crippen molar-refractivity contribution in [2.45, 2.75) is 0 Å². The number of hydrogen-bond acceptors (Lipinski definition) is 3. The van der Waals surface area contributed by atoms with Crippen LogP contribution >= 0.6 is 11.3 Å². The Kier molecular flexibility index (Phi) is 7.75. The molecular weight excluding hydrogens is 735 g/mol. The van der Waals surface area contributed by atoms with Gasteiger partial charge in [-0.1, -0.05) is 146 Å². The molecule has 0 saturated carbocycles. The summed E-state index contributed by atoms with van der Waals surface area (Å²) in [5, 5.41) is 9.83. The van der Waals surface area contributed by atoms with E-state index < -0.39 is 0 Å². The van der Waals surface area contributed by atoms with Gasteiger partial charge in [0.15, 0.2) is 0 Å². The number of nitrogens with zero attached hydrogens (tertiary/aromatic N) is 1. The zero-order chi connectivity index (χ0) is 38.9. The summed E-state index contributed by atoms with van der Waals surface area (Å²) in [6.45, 7) is 0. The number of benzene rings is 10. The molecule has 12 rings (SSSR count). The van der Waals surface area contributed by atoms with Gasteiger partial charge in [0.2, 0.25) is 0 Å². The first-order valence-corrected chi connectivity index (χ1v) is 20.9. The topological polar surface area (TPSA) is 16.4 Å². The second kappa shape index (κ2) is 13.6. The van der Waals surface area contributed by atoms with Crippen LogP contribution in [0.5, 0.6) is 0 Å². The van der Waals surface area contributed by atoms with Gasteiger partial charge in [0, 0.05) is 53.6 Å². The molecule has 2 nitrogen and oxygen atoms in total. The summed E-state index contributed by atoms with van der Waals surface area (Å²) in [5.41, 5.74) is 11.9. The normalized spacial score (nSPS) is 11.7. The molecule has 0 amide bonds. The number of hydrogen-bond donors (Lipinski definition) is 0. The molecule has 10 aromatic carbocycles. The Morgan fingerprint density at radius 3 is 1.85 bits per heavy atom. The van der Waals surface area contributed by atoms with Gasteiger partial charge in [0.05, 0.1) is 0 Å². The van der Waals surface area contributed by atoms with Gasteiger partial charge in [0.25, 0.3) is 0 Å². The number of rotatable bonds is 6. The van der Waals surface area contributed by atoms with Crippen LogP contribution in [0.15, 0.2) is 217 Å². The van der Waals surface area contributed by atoms with Crippen LogP contribution in [0, 0.1) is 0 Å². The fraction of sp³-hybridized carbons (Fsp3) is 0. The monoisotopic (exact) mass is 769 g/mol. The van der Waals surface area contributed by atoms with E-state index in [1.807, 2.05) is 17.4 Å². The molecule has 0 N–H and O–H groups in total. The SMILES string of the molecule is c1ccc(-c2cc(-c3cccc4c3oc3ccccc34)cc(N(c3ccc(-c4cc5ccccc5c5ccccc45)cc3)c3ccc4sc5ccccc5c4c3)c2)cc1. The molecule has 0 spiro atoms. The molecule has 276 valence electrons. The van der Waals surface area contributed by atoms with E-state index in [2.05, 4.69) is 211 Å². The van der Waals surface area contributed by atoms with Crippen molar-refractivity contribution in [3.8, 4) is 33.4 Å². The summed E-state index contributed by atoms with van der Waals surface area (Å²) in [4.78, 5) is 2.42. The highest BCUT2D eigenvalue weighted by Gasteiger charge is 2.20. The standard InChI is InChI=1S/C56H35NOS/c1-2-13-36(14-3-1)39-31-40(45-21-12-22-50-48-19-8-10-23-53(48)58-56(45)50)33-43(32-39)57(42-29-30-55-52(35-42)49-20-9-11-24-54(49)59-55)41-27-25-37(26-28-41)51-34-38-15-4-5-16-44(38)46-17-6-7-18-47(46)51/h1-35H. The Bertz CT molecular complexity index is 3560. The molecule has 12 aromatic rings. The Morgan fingerprint density at radius 1 is 0.322 bits per heavy atom. The van der Waals surface area contributed by atoms with E-state index in [9.17, 15) is 0 Å². The fourth-order valence-electron chi connectivity index (χ4n) is 9.05. The van der Waals surface area contributed by atoms with E-state index in [1.165, 1.54) is 52.8 Å². The lowest BCUT2D eigenvalue weighted by molar-refractivity contribution is 0.670. The Labute approximate surface area is 345 Å². The summed E-state index contributed by atoms with van der Waals surface area (Å²) >= 11 is 1.85. The number of furan rings is 1. The number of para-hydroxylation sites is 2. The van der Waals surface area contributed by atoms with Crippen LogP contribution in [0.3, 0.4) is 0 Å². The van der Waals surface area contributed by atoms with Crippen molar-refractivity contribution >= 4 is 92.1 Å². The second-order valence-electron chi connectivity index (χ2n) is 15.3. The largest absolute Gasteiger partial charge is 0.455 e. The smallest absolute Gasteiger partial charge is 0.143 e. The third-order valence-electron chi connectivity index (χ3n) is 11.8. The Balaban J connectivity index is 1.09. The highest BCUT2D eigenvalue weighted by Crippen LogP contribution is 2.45. The van der Waals surface area contributed by atoms with E-state index in [0.29, 0.717) is 0 Å². The summed E-state index contributed by atoms with van der Waals surface area (Å²) in [6.07, 6.45) is 0. The van der Waals surface area contributed by atoms with E-state index in [4.69, 9.17) is 4.42 Å². The van der Waals surface area contributed by atoms with Gasteiger partial charge >= 0.3 is 0 Å². The lowest BCUT2D eigenvalue weighted by atomic mass is 9.93. The average Bonchev–Trinajstić information content (AvgIpc) is 3.88. The van der Waals surface area contributed by atoms with Gasteiger partial charge in [-0.05, 0) is 116 Å². The molecule has 0 bridgehead atoms. The van der Waals surface area contributed by atoms with E-state index in [1.54, 1.807) is 0 Å². The number of anilines is 3. The molecule has 0 fully saturated rings. The van der Waals surface area contributed by atoms with Gasteiger partial charge in [-0.2, -0.15) is 0 Å². The van der Waals surface area contributed by atoms with Gasteiger partial charge < -0.3 is 9.32 Å². The minimum absolute atomic E-state index is 0.895. The van der Waals surface area contributed by atoms with Crippen LogP contribution in [-0.2, 0) is 0 Å². The van der Waals surface area contributed by atoms with Crippen molar-refractivity contribution in [2.75, 3.05) is 4.90 Å². The minimum Gasteiger partial charge on any atom is -0.455 e. The second-order valence-corrected chi connectivity index (χ2v) is 16.4. The summed E-state index contributed by atoms with van der Waals surface area (Å²) in [6, 6.07) is 77.1. The molecule has 0 aliphatic heterocycles. The molecule has 0 aliphatic carbocycles. The molecule has 3 heteroatoms. The van der Waals surface area contributed by atoms with Crippen LogP contribution in [0.2, 0.25) is 0 Å². The maximum absolute atomic E-state index is 6.63. The minimum atomic E-state index is 0.895. The third kappa shape index (κ3) is 5.62. The first kappa shape index (κ1) is 33.7. The Morgan fingerprint density at radius 2 is 0.983 bits per heavy atom. The van der Waals surface area contributed by atoms with Gasteiger partial charge in [-0.25, -0.2) is 0 Å². The van der Waals surface area contributed by atoms with Gasteiger partial charge in [-0.3, -0.25) is 0 Å². The Hall–Kier alpha value is -7.46. The molecule has 59 heavy (non-hydrogen) atoms. The molecule has 0 saturated heterocycles. The van der Waals surface area contributed by atoms with E-state index in [0.717, 1.165) is 61.3 Å². The van der Waals surface area contributed by atoms with Crippen molar-refractivity contribution in [3.05, 3.63) is 212 Å². The summed E-state index contributed by atoms with van der Waals surface area (Å²) in [5.74, 6) is 0. The maximum Gasteiger partial charge on any atom is 0.143 e. The zero-order valence-electron chi connectivity index (χ0n) is 32.0. The van der Waals surface area contributed by atoms with Crippen LogP contribution in [-0.4, -0.2) is 0 Å². The first-order valence-electron chi connectivity index (χ1n) is 20.1. The van der Waals surface area contributed by atoms with Gasteiger partial charge in [-0.15, -0.1) is 11.3 Å². The molecule has 0 aliphatic rings. The van der Waals surface area contributed by atoms with Crippen molar-refractivity contribution in [1.82, 2.24) is 0 Å². The first-order chi connectivity index (χ1) is 29.2. The zero-order valence-corrected chi connectivity index (χ0v) is 32.8. The fourth-order valence-corrected chi connectivity index (χ4v) is 10.1. The predicted octanol–water partition coefficient (Wildman–Crippen LogP) is 16.7. The van der Waals surface area contributed by atoms with Crippen molar-refractivity contribution in [1.29, 1.82) is 0 Å². The summed E-state index contributed by atoms with van der Waals surface area (Å²) < 4.78 is 9.21. The maximum atomic E-state index is 6.63. The van der Waals surface area contributed by atoms with Crippen molar-refractivity contribution in [3.63, 3.8) is 0 Å². The third-order valence-corrected chi connectivity index (χ3v) is 13.0. The molecule has 0 unspecified atom stereocenters. The molecular formula is C56H35NOS. The summed E-state index contributed by atoms with van der Waals surface area (Å²) in [7, 11) is 0. The van der Waals surface area contributed by atoms with Crippen LogP contribution < -0.4 is 4.90 Å². The number of thiophene rings is 1. The lowest BCUT2D eigenvalue weighted by Crippen LogP contribution is -2.10. The van der Waals surface area contributed by atoms with Crippen LogP contribution in [0.1, 0.15) is 0 Å². The van der Waals surface area contributed by atoms with E-state index >= 15 is 0 Å². The van der Waals surface area contributed by atoms with Crippen LogP contribution in [0.4, 0.5) is 17.1 Å². The average molecular weight is 770 g/mol. The predicted molar refractivity (Wildman–Crippen MR) is 253 cm³/mol. The number of fused-ring (bicyclic) bond motifs is 9. The van der Waals surface area contributed by atoms with E-state index in [-0.39, 0.29) is 0 Å². The molecule has 2 heterocycles. The van der Waals surface area contributed by atoms with Crippen LogP contribution in [0.25, 0.3) is 97.0 Å². The lowest BCUT2D eigenvalue weighted by Gasteiger charge is -2.27. The quantitative estimate of drug-likeness (QED) is 0.157. The highest BCUT2D eigenvalue weighted by atomic mass is 32.1. The molecule has 0 radical (unpaired) electrons. The molecule has 2 aromatic heterocycles. The van der Waals surface area contributed by atoms with Crippen molar-refractivity contribution < 1.29 is 4.42 Å².